The van der Waals surface area contributed by atoms with Crippen molar-refractivity contribution in [3.05, 3.63) is 52.4 Å². The molecule has 0 aliphatic heterocycles. The molecular weight excluding hydrogens is 426 g/mol. The van der Waals surface area contributed by atoms with E-state index < -0.39 is 0 Å². The summed E-state index contributed by atoms with van der Waals surface area (Å²) in [7, 11) is 5.61. The molecule has 8 heteroatoms. The van der Waals surface area contributed by atoms with Crippen molar-refractivity contribution in [3.8, 4) is 5.75 Å². The number of methoxy groups -OCH3 is 1. The topological polar surface area (TPSA) is 45.7 Å². The van der Waals surface area contributed by atoms with Gasteiger partial charge in [0.1, 0.15) is 10.6 Å². The molecule has 0 aliphatic rings. The number of halogens is 1. The summed E-state index contributed by atoms with van der Waals surface area (Å²) in [6, 6.07) is 13.5. The van der Waals surface area contributed by atoms with E-state index in [1.165, 1.54) is 22.7 Å². The summed E-state index contributed by atoms with van der Waals surface area (Å²) >= 11 is 9.49. The number of aromatic nitrogens is 1. The number of likely N-dealkylation sites (N-methyl/N-ethyl adjacent to an activating group) is 1. The third-order valence-corrected chi connectivity index (χ3v) is 7.26. The van der Waals surface area contributed by atoms with Gasteiger partial charge in [0.05, 0.1) is 22.3 Å². The predicted molar refractivity (Wildman–Crippen MR) is 123 cm³/mol. The van der Waals surface area contributed by atoms with E-state index in [-0.39, 0.29) is 5.91 Å². The first kappa shape index (κ1) is 20.1. The molecule has 29 heavy (non-hydrogen) atoms. The zero-order valence-corrected chi connectivity index (χ0v) is 18.7. The number of fused-ring (bicyclic) bond motifs is 2. The van der Waals surface area contributed by atoms with Crippen molar-refractivity contribution in [2.24, 2.45) is 0 Å². The Kier molecular flexibility index (Phi) is 5.74. The third kappa shape index (κ3) is 3.96. The van der Waals surface area contributed by atoms with Crippen LogP contribution in [-0.2, 0) is 0 Å². The summed E-state index contributed by atoms with van der Waals surface area (Å²) in [4.78, 5) is 22.6. The van der Waals surface area contributed by atoms with Gasteiger partial charge in [-0.15, -0.1) is 11.3 Å². The molecule has 0 saturated heterocycles. The van der Waals surface area contributed by atoms with Crippen LogP contribution in [0.2, 0.25) is 5.02 Å². The van der Waals surface area contributed by atoms with E-state index in [9.17, 15) is 4.79 Å². The molecule has 0 spiro atoms. The summed E-state index contributed by atoms with van der Waals surface area (Å²) in [5.74, 6) is 0.649. The van der Waals surface area contributed by atoms with Gasteiger partial charge in [-0.1, -0.05) is 41.1 Å². The van der Waals surface area contributed by atoms with Crippen LogP contribution in [0.3, 0.4) is 0 Å². The molecule has 1 amide bonds. The van der Waals surface area contributed by atoms with Crippen LogP contribution in [-0.4, -0.2) is 50.1 Å². The molecule has 0 N–H and O–H groups in total. The Morgan fingerprint density at radius 1 is 1.10 bits per heavy atom. The standard InChI is InChI=1S/C21H20ClN3O2S2/c1-24(2)10-11-25(21-23-15-9-8-13(27-3)12-17(15)29-21)20(26)19-18(22)14-6-4-5-7-16(14)28-19/h4-9,12H,10-11H2,1-3H3. The molecule has 150 valence electrons. The second-order valence-electron chi connectivity index (χ2n) is 6.83. The van der Waals surface area contributed by atoms with E-state index in [4.69, 9.17) is 21.3 Å². The zero-order chi connectivity index (χ0) is 20.5. The number of hydrogen-bond donors (Lipinski definition) is 0. The second-order valence-corrected chi connectivity index (χ2v) is 9.27. The van der Waals surface area contributed by atoms with Crippen LogP contribution in [0.25, 0.3) is 20.3 Å². The van der Waals surface area contributed by atoms with Crippen LogP contribution in [0.5, 0.6) is 5.75 Å². The molecule has 5 nitrogen and oxygen atoms in total. The van der Waals surface area contributed by atoms with Gasteiger partial charge in [0, 0.05) is 23.2 Å². The number of carbonyl (C=O) groups is 1. The molecule has 0 bridgehead atoms. The SMILES string of the molecule is COc1ccc2nc(N(CCN(C)C)C(=O)c3sc4ccccc4c3Cl)sc2c1. The number of amides is 1. The Balaban J connectivity index is 1.76. The number of nitrogens with zero attached hydrogens (tertiary/aromatic N) is 3. The lowest BCUT2D eigenvalue weighted by molar-refractivity contribution is 0.0989. The number of hydrogen-bond acceptors (Lipinski definition) is 6. The lowest BCUT2D eigenvalue weighted by Crippen LogP contribution is -2.36. The monoisotopic (exact) mass is 445 g/mol. The largest absolute Gasteiger partial charge is 0.497 e. The molecule has 0 saturated carbocycles. The van der Waals surface area contributed by atoms with Gasteiger partial charge in [-0.05, 0) is 38.4 Å². The summed E-state index contributed by atoms with van der Waals surface area (Å²) < 4.78 is 7.29. The maximum Gasteiger partial charge on any atom is 0.271 e. The fourth-order valence-corrected chi connectivity index (χ4v) is 5.47. The van der Waals surface area contributed by atoms with Gasteiger partial charge >= 0.3 is 0 Å². The van der Waals surface area contributed by atoms with E-state index >= 15 is 0 Å². The lowest BCUT2D eigenvalue weighted by Gasteiger charge is -2.21. The van der Waals surface area contributed by atoms with Gasteiger partial charge in [0.25, 0.3) is 5.91 Å². The van der Waals surface area contributed by atoms with Crippen molar-refractivity contribution in [1.29, 1.82) is 0 Å². The summed E-state index contributed by atoms with van der Waals surface area (Å²) in [6.07, 6.45) is 0. The first-order valence-electron chi connectivity index (χ1n) is 9.06. The fourth-order valence-electron chi connectivity index (χ4n) is 2.99. The summed E-state index contributed by atoms with van der Waals surface area (Å²) in [5.41, 5.74) is 0.843. The number of thiazole rings is 1. The second kappa shape index (κ2) is 8.28. The molecule has 4 rings (SSSR count). The van der Waals surface area contributed by atoms with Crippen molar-refractivity contribution in [3.63, 3.8) is 0 Å². The van der Waals surface area contributed by atoms with Crippen LogP contribution in [0, 0.1) is 0 Å². The van der Waals surface area contributed by atoms with E-state index in [1.807, 2.05) is 61.5 Å². The Morgan fingerprint density at radius 3 is 2.62 bits per heavy atom. The van der Waals surface area contributed by atoms with Gasteiger partial charge in [0.2, 0.25) is 0 Å². The number of anilines is 1. The third-order valence-electron chi connectivity index (χ3n) is 4.56. The number of ether oxygens (including phenoxy) is 1. The van der Waals surface area contributed by atoms with Crippen molar-refractivity contribution < 1.29 is 9.53 Å². The number of benzene rings is 2. The Labute approximate surface area is 182 Å². The van der Waals surface area contributed by atoms with Crippen LogP contribution in [0.15, 0.2) is 42.5 Å². The molecule has 0 radical (unpaired) electrons. The smallest absolute Gasteiger partial charge is 0.271 e. The van der Waals surface area contributed by atoms with E-state index in [2.05, 4.69) is 0 Å². The minimum Gasteiger partial charge on any atom is -0.497 e. The quantitative estimate of drug-likeness (QED) is 0.399. The predicted octanol–water partition coefficient (Wildman–Crippen LogP) is 5.38. The number of thiophene rings is 1. The highest BCUT2D eigenvalue weighted by Gasteiger charge is 2.26. The maximum absolute atomic E-state index is 13.5. The molecule has 0 aliphatic carbocycles. The minimum absolute atomic E-state index is 0.121. The first-order valence-corrected chi connectivity index (χ1v) is 11.1. The summed E-state index contributed by atoms with van der Waals surface area (Å²) in [6.45, 7) is 1.24. The molecule has 0 unspecified atom stereocenters. The number of rotatable bonds is 6. The lowest BCUT2D eigenvalue weighted by atomic mass is 10.2. The highest BCUT2D eigenvalue weighted by Crippen LogP contribution is 2.38. The first-order chi connectivity index (χ1) is 14.0. The number of carbonyl (C=O) groups excluding carboxylic acids is 1. The van der Waals surface area contributed by atoms with Crippen LogP contribution < -0.4 is 9.64 Å². The van der Waals surface area contributed by atoms with E-state index in [0.29, 0.717) is 28.1 Å². The van der Waals surface area contributed by atoms with Gasteiger partial charge in [-0.3, -0.25) is 9.69 Å². The summed E-state index contributed by atoms with van der Waals surface area (Å²) in [5, 5.41) is 2.07. The van der Waals surface area contributed by atoms with E-state index in [0.717, 1.165) is 26.1 Å². The molecule has 2 aromatic heterocycles. The van der Waals surface area contributed by atoms with Crippen molar-refractivity contribution >= 4 is 65.6 Å². The average Bonchev–Trinajstić information content (AvgIpc) is 3.28. The Bertz CT molecular complexity index is 1190. The highest BCUT2D eigenvalue weighted by molar-refractivity contribution is 7.23. The molecule has 4 aromatic rings. The molecule has 0 fully saturated rings. The van der Waals surface area contributed by atoms with Crippen molar-refractivity contribution in [2.75, 3.05) is 39.2 Å². The van der Waals surface area contributed by atoms with Gasteiger partial charge in [-0.2, -0.15) is 0 Å². The van der Waals surface area contributed by atoms with Gasteiger partial charge in [-0.25, -0.2) is 4.98 Å². The fraction of sp³-hybridized carbons (Fsp3) is 0.238. The zero-order valence-electron chi connectivity index (χ0n) is 16.3. The normalized spacial score (nSPS) is 11.5. The van der Waals surface area contributed by atoms with Gasteiger partial charge in [0.15, 0.2) is 5.13 Å². The Morgan fingerprint density at radius 2 is 1.90 bits per heavy atom. The Hall–Kier alpha value is -2.19. The highest BCUT2D eigenvalue weighted by atomic mass is 35.5. The van der Waals surface area contributed by atoms with Crippen LogP contribution in [0.4, 0.5) is 5.13 Å². The molecule has 0 atom stereocenters. The average molecular weight is 446 g/mol. The van der Waals surface area contributed by atoms with Crippen LogP contribution in [0.1, 0.15) is 9.67 Å². The molecular formula is C21H20ClN3O2S2. The molecule has 2 heterocycles. The van der Waals surface area contributed by atoms with Crippen molar-refractivity contribution in [2.45, 2.75) is 0 Å². The van der Waals surface area contributed by atoms with Gasteiger partial charge < -0.3 is 9.64 Å². The maximum atomic E-state index is 13.5. The minimum atomic E-state index is -0.121. The van der Waals surface area contributed by atoms with Crippen LogP contribution >= 0.6 is 34.3 Å². The van der Waals surface area contributed by atoms with Crippen molar-refractivity contribution in [1.82, 2.24) is 9.88 Å². The van der Waals surface area contributed by atoms with E-state index in [1.54, 1.807) is 12.0 Å². The molecule has 2 aromatic carbocycles.